The molecule has 8 heteroatoms. The van der Waals surface area contributed by atoms with E-state index in [9.17, 15) is 22.0 Å². The lowest BCUT2D eigenvalue weighted by Gasteiger charge is -2.13. The fourth-order valence-electron chi connectivity index (χ4n) is 0.916. The highest BCUT2D eigenvalue weighted by atomic mass is 127. The molecule has 0 spiro atoms. The quantitative estimate of drug-likeness (QED) is 0.458. The molecular weight excluding hydrogens is 348 g/mol. The van der Waals surface area contributed by atoms with E-state index in [-0.39, 0.29) is 9.26 Å². The van der Waals surface area contributed by atoms with Crippen LogP contribution in [0.3, 0.4) is 0 Å². The zero-order valence-electron chi connectivity index (χ0n) is 7.78. The Hall–Kier alpha value is -0.670. The Morgan fingerprint density at radius 3 is 2.38 bits per heavy atom. The van der Waals surface area contributed by atoms with Crippen molar-refractivity contribution < 1.29 is 26.7 Å². The van der Waals surface area contributed by atoms with Gasteiger partial charge in [0, 0.05) is 11.6 Å². The number of halogens is 6. The van der Waals surface area contributed by atoms with Gasteiger partial charge in [-0.25, -0.2) is 13.8 Å². The summed E-state index contributed by atoms with van der Waals surface area (Å²) in [5.41, 5.74) is -0.670. The maximum absolute atomic E-state index is 12.3. The van der Waals surface area contributed by atoms with Crippen molar-refractivity contribution in [3.05, 3.63) is 21.0 Å². The lowest BCUT2D eigenvalue weighted by Crippen LogP contribution is -2.18. The standard InChI is InChI=1S/C8H5F5INO/c1-3-5(16-8(11,12)13)2-4(6(9)10)15-7(3)14/h2,6H,1H3. The van der Waals surface area contributed by atoms with Crippen molar-refractivity contribution in [2.24, 2.45) is 0 Å². The minimum absolute atomic E-state index is 0.0506. The molecule has 0 saturated carbocycles. The normalized spacial score (nSPS) is 12.0. The van der Waals surface area contributed by atoms with Crippen LogP contribution in [0.5, 0.6) is 5.75 Å². The third kappa shape index (κ3) is 3.42. The first kappa shape index (κ1) is 13.4. The molecule has 0 radical (unpaired) electrons. The van der Waals surface area contributed by atoms with Gasteiger partial charge in [0.1, 0.15) is 15.1 Å². The lowest BCUT2D eigenvalue weighted by molar-refractivity contribution is -0.274. The summed E-state index contributed by atoms with van der Waals surface area (Å²) in [6, 6.07) is 0.593. The molecule has 0 aliphatic heterocycles. The van der Waals surface area contributed by atoms with E-state index >= 15 is 0 Å². The number of alkyl halides is 5. The molecule has 0 bridgehead atoms. The van der Waals surface area contributed by atoms with E-state index in [4.69, 9.17) is 0 Å². The van der Waals surface area contributed by atoms with Gasteiger partial charge in [0.05, 0.1) is 0 Å². The molecule has 0 aliphatic carbocycles. The van der Waals surface area contributed by atoms with Gasteiger partial charge in [0.15, 0.2) is 0 Å². The van der Waals surface area contributed by atoms with Crippen LogP contribution >= 0.6 is 22.6 Å². The molecule has 0 saturated heterocycles. The van der Waals surface area contributed by atoms with Crippen LogP contribution in [-0.2, 0) is 0 Å². The molecule has 1 aromatic heterocycles. The summed E-state index contributed by atoms with van der Waals surface area (Å²) in [6.07, 6.45) is -7.85. The average Bonchev–Trinajstić information content (AvgIpc) is 2.10. The first-order chi connectivity index (χ1) is 7.20. The molecule has 0 unspecified atom stereocenters. The predicted molar refractivity (Wildman–Crippen MR) is 53.3 cm³/mol. The first-order valence-electron chi connectivity index (χ1n) is 3.91. The second kappa shape index (κ2) is 4.68. The van der Waals surface area contributed by atoms with Crippen molar-refractivity contribution in [3.63, 3.8) is 0 Å². The monoisotopic (exact) mass is 353 g/mol. The van der Waals surface area contributed by atoms with Crippen LogP contribution in [0.25, 0.3) is 0 Å². The Labute approximate surface area is 101 Å². The molecule has 90 valence electrons. The van der Waals surface area contributed by atoms with E-state index < -0.39 is 24.2 Å². The van der Waals surface area contributed by atoms with E-state index in [1.54, 1.807) is 22.6 Å². The van der Waals surface area contributed by atoms with Crippen LogP contribution in [0, 0.1) is 10.6 Å². The van der Waals surface area contributed by atoms with Gasteiger partial charge in [-0.1, -0.05) is 0 Å². The van der Waals surface area contributed by atoms with Gasteiger partial charge >= 0.3 is 6.36 Å². The maximum Gasteiger partial charge on any atom is 0.573 e. The molecule has 0 aliphatic rings. The Balaban J connectivity index is 3.17. The van der Waals surface area contributed by atoms with Gasteiger partial charge in [-0.2, -0.15) is 0 Å². The molecule has 0 aromatic carbocycles. The Bertz CT molecular complexity index is 393. The van der Waals surface area contributed by atoms with Gasteiger partial charge < -0.3 is 4.74 Å². The van der Waals surface area contributed by atoms with Crippen LogP contribution < -0.4 is 4.74 Å². The van der Waals surface area contributed by atoms with E-state index in [2.05, 4.69) is 9.72 Å². The molecule has 1 rings (SSSR count). The molecule has 0 atom stereocenters. The SMILES string of the molecule is Cc1c(OC(F)(F)F)cc(C(F)F)nc1I. The highest BCUT2D eigenvalue weighted by molar-refractivity contribution is 14.1. The van der Waals surface area contributed by atoms with Crippen LogP contribution in [0.15, 0.2) is 6.07 Å². The van der Waals surface area contributed by atoms with Crippen LogP contribution in [-0.4, -0.2) is 11.3 Å². The van der Waals surface area contributed by atoms with Crippen molar-refractivity contribution >= 4 is 22.6 Å². The molecule has 0 N–H and O–H groups in total. The van der Waals surface area contributed by atoms with Gasteiger partial charge in [0.25, 0.3) is 6.43 Å². The summed E-state index contributed by atoms with van der Waals surface area (Å²) in [4.78, 5) is 3.45. The highest BCUT2D eigenvalue weighted by Gasteiger charge is 2.32. The lowest BCUT2D eigenvalue weighted by atomic mass is 10.2. The topological polar surface area (TPSA) is 22.1 Å². The highest BCUT2D eigenvalue weighted by Crippen LogP contribution is 2.31. The van der Waals surface area contributed by atoms with E-state index in [1.807, 2.05) is 0 Å². The molecule has 2 nitrogen and oxygen atoms in total. The smallest absolute Gasteiger partial charge is 0.405 e. The second-order valence-corrected chi connectivity index (χ2v) is 3.83. The van der Waals surface area contributed by atoms with Crippen molar-refractivity contribution in [1.29, 1.82) is 0 Å². The van der Waals surface area contributed by atoms with E-state index in [0.29, 0.717) is 6.07 Å². The van der Waals surface area contributed by atoms with Gasteiger partial charge in [-0.15, -0.1) is 13.2 Å². The molecule has 0 fully saturated rings. The molecule has 1 heterocycles. The molecule has 16 heavy (non-hydrogen) atoms. The minimum Gasteiger partial charge on any atom is -0.405 e. The third-order valence-corrected chi connectivity index (χ3v) is 2.68. The summed E-state index contributed by atoms with van der Waals surface area (Å²) in [5, 5.41) is 0. The van der Waals surface area contributed by atoms with Gasteiger partial charge in [-0.3, -0.25) is 0 Å². The summed E-state index contributed by atoms with van der Waals surface area (Å²) >= 11 is 1.57. The summed E-state index contributed by atoms with van der Waals surface area (Å²) in [5.74, 6) is -0.651. The van der Waals surface area contributed by atoms with E-state index in [0.717, 1.165) is 0 Å². The van der Waals surface area contributed by atoms with Crippen molar-refractivity contribution in [3.8, 4) is 5.75 Å². The first-order valence-corrected chi connectivity index (χ1v) is 4.99. The number of rotatable bonds is 2. The van der Waals surface area contributed by atoms with Crippen LogP contribution in [0.4, 0.5) is 22.0 Å². The van der Waals surface area contributed by atoms with Crippen molar-refractivity contribution in [1.82, 2.24) is 4.98 Å². The average molecular weight is 353 g/mol. The number of nitrogens with zero attached hydrogens (tertiary/aromatic N) is 1. The van der Waals surface area contributed by atoms with Crippen molar-refractivity contribution in [2.45, 2.75) is 19.7 Å². The predicted octanol–water partition coefficient (Wildman–Crippen LogP) is 3.83. The zero-order valence-corrected chi connectivity index (χ0v) is 9.94. The largest absolute Gasteiger partial charge is 0.573 e. The Morgan fingerprint density at radius 1 is 1.38 bits per heavy atom. The third-order valence-electron chi connectivity index (χ3n) is 1.63. The summed E-state index contributed by atoms with van der Waals surface area (Å²) < 4.78 is 64.1. The number of pyridine rings is 1. The van der Waals surface area contributed by atoms with E-state index in [1.165, 1.54) is 6.92 Å². The minimum atomic E-state index is -4.91. The van der Waals surface area contributed by atoms with Crippen LogP contribution in [0.1, 0.15) is 17.7 Å². The number of ether oxygens (including phenoxy) is 1. The summed E-state index contributed by atoms with van der Waals surface area (Å²) in [7, 11) is 0. The molecular formula is C8H5F5INO. The Morgan fingerprint density at radius 2 is 1.94 bits per heavy atom. The molecule has 0 amide bonds. The zero-order chi connectivity index (χ0) is 12.5. The van der Waals surface area contributed by atoms with Crippen LogP contribution in [0.2, 0.25) is 0 Å². The van der Waals surface area contributed by atoms with Crippen molar-refractivity contribution in [2.75, 3.05) is 0 Å². The van der Waals surface area contributed by atoms with Gasteiger partial charge in [0.2, 0.25) is 0 Å². The number of hydrogen-bond acceptors (Lipinski definition) is 2. The fourth-order valence-corrected chi connectivity index (χ4v) is 1.46. The second-order valence-electron chi connectivity index (χ2n) is 2.81. The summed E-state index contributed by atoms with van der Waals surface area (Å²) in [6.45, 7) is 1.31. The number of aromatic nitrogens is 1. The maximum atomic E-state index is 12.3. The Kier molecular flexibility index (Phi) is 3.92. The van der Waals surface area contributed by atoms with Gasteiger partial charge in [-0.05, 0) is 29.5 Å². The number of hydrogen-bond donors (Lipinski definition) is 0. The molecule has 1 aromatic rings. The fraction of sp³-hybridized carbons (Fsp3) is 0.375.